The van der Waals surface area contributed by atoms with Crippen LogP contribution in [-0.2, 0) is 12.7 Å². The number of nitrogens with zero attached hydrogens (tertiary/aromatic N) is 4. The highest BCUT2D eigenvalue weighted by molar-refractivity contribution is 5.84. The minimum atomic E-state index is -4.40. The fourth-order valence-corrected chi connectivity index (χ4v) is 2.76. The number of ether oxygens (including phenoxy) is 1. The van der Waals surface area contributed by atoms with Gasteiger partial charge in [-0.05, 0) is 23.8 Å². The molecule has 0 atom stereocenters. The number of aromatic amines is 1. The number of alkyl halides is 3. The van der Waals surface area contributed by atoms with E-state index in [0.29, 0.717) is 34.1 Å². The molecule has 0 fully saturated rings. The summed E-state index contributed by atoms with van der Waals surface area (Å²) in [7, 11) is 1.52. The molecular formula is C19H16F3N7O. The van der Waals surface area contributed by atoms with Crippen LogP contribution in [-0.4, -0.2) is 32.0 Å². The predicted octanol–water partition coefficient (Wildman–Crippen LogP) is 4.13. The molecule has 0 amide bonds. The van der Waals surface area contributed by atoms with Crippen LogP contribution in [0.25, 0.3) is 11.2 Å². The lowest BCUT2D eigenvalue weighted by atomic mass is 10.1. The summed E-state index contributed by atoms with van der Waals surface area (Å²) in [5.41, 5.74) is 1.34. The number of anilines is 3. The fourth-order valence-electron chi connectivity index (χ4n) is 2.76. The van der Waals surface area contributed by atoms with Crippen LogP contribution < -0.4 is 15.4 Å². The molecule has 4 rings (SSSR count). The van der Waals surface area contributed by atoms with E-state index in [0.717, 1.165) is 12.1 Å². The summed E-state index contributed by atoms with van der Waals surface area (Å²) in [5.74, 6) is 1.12. The maximum absolute atomic E-state index is 12.9. The molecule has 0 aliphatic heterocycles. The summed E-state index contributed by atoms with van der Waals surface area (Å²) in [6.45, 7) is 0.137. The number of rotatable bonds is 6. The molecule has 0 bridgehead atoms. The molecule has 4 aromatic rings. The first kappa shape index (κ1) is 19.4. The number of imidazole rings is 1. The Balaban J connectivity index is 1.57. The van der Waals surface area contributed by atoms with Gasteiger partial charge in [-0.1, -0.05) is 12.1 Å². The number of fused-ring (bicyclic) bond motifs is 1. The number of hydrogen-bond acceptors (Lipinski definition) is 7. The number of pyridine rings is 1. The molecule has 3 heterocycles. The number of halogens is 3. The lowest BCUT2D eigenvalue weighted by molar-refractivity contribution is -0.137. The topological polar surface area (TPSA) is 101 Å². The van der Waals surface area contributed by atoms with Gasteiger partial charge in [0.2, 0.25) is 11.8 Å². The Bertz CT molecular complexity index is 1160. The third kappa shape index (κ3) is 4.24. The molecule has 3 N–H and O–H groups in total. The van der Waals surface area contributed by atoms with E-state index >= 15 is 0 Å². The molecule has 0 aliphatic rings. The first-order chi connectivity index (χ1) is 14.4. The number of methoxy groups -OCH3 is 1. The van der Waals surface area contributed by atoms with E-state index in [2.05, 4.69) is 35.6 Å². The molecule has 30 heavy (non-hydrogen) atoms. The Morgan fingerprint density at radius 2 is 1.97 bits per heavy atom. The number of hydrogen-bond donors (Lipinski definition) is 3. The minimum Gasteiger partial charge on any atom is -0.481 e. The van der Waals surface area contributed by atoms with Gasteiger partial charge in [-0.15, -0.1) is 0 Å². The molecule has 0 saturated carbocycles. The van der Waals surface area contributed by atoms with E-state index in [-0.39, 0.29) is 12.5 Å². The fraction of sp³-hybridized carbons (Fsp3) is 0.158. The smallest absolute Gasteiger partial charge is 0.416 e. The van der Waals surface area contributed by atoms with Crippen molar-refractivity contribution < 1.29 is 17.9 Å². The Morgan fingerprint density at radius 3 is 2.70 bits per heavy atom. The van der Waals surface area contributed by atoms with Crippen LogP contribution >= 0.6 is 0 Å². The number of aromatic nitrogens is 5. The highest BCUT2D eigenvalue weighted by Crippen LogP contribution is 2.30. The predicted molar refractivity (Wildman–Crippen MR) is 105 cm³/mol. The number of nitrogens with one attached hydrogen (secondary N) is 3. The van der Waals surface area contributed by atoms with E-state index < -0.39 is 11.7 Å². The van der Waals surface area contributed by atoms with Crippen molar-refractivity contribution in [3.05, 3.63) is 60.0 Å². The Morgan fingerprint density at radius 1 is 1.10 bits per heavy atom. The van der Waals surface area contributed by atoms with E-state index in [1.54, 1.807) is 24.4 Å². The van der Waals surface area contributed by atoms with Crippen molar-refractivity contribution in [2.75, 3.05) is 17.7 Å². The first-order valence-electron chi connectivity index (χ1n) is 8.80. The standard InChI is InChI=1S/C19H16F3N7O/c1-30-14-6-5-13(9-23-14)27-18-28-16(15-17(29-18)26-10-25-15)24-8-11-3-2-4-12(7-11)19(20,21)22/h2-7,9-10H,8H2,1H3,(H3,24,25,26,27,28,29). The molecule has 11 heteroatoms. The monoisotopic (exact) mass is 415 g/mol. The largest absolute Gasteiger partial charge is 0.481 e. The summed E-state index contributed by atoms with van der Waals surface area (Å²) in [6, 6.07) is 8.54. The highest BCUT2D eigenvalue weighted by Gasteiger charge is 2.30. The van der Waals surface area contributed by atoms with Gasteiger partial charge < -0.3 is 20.4 Å². The minimum absolute atomic E-state index is 0.137. The average molecular weight is 415 g/mol. The number of benzene rings is 1. The van der Waals surface area contributed by atoms with Crippen LogP contribution in [0.3, 0.4) is 0 Å². The summed E-state index contributed by atoms with van der Waals surface area (Å²) >= 11 is 0. The van der Waals surface area contributed by atoms with Crippen molar-refractivity contribution in [2.24, 2.45) is 0 Å². The lowest BCUT2D eigenvalue weighted by Crippen LogP contribution is -2.08. The average Bonchev–Trinajstić information content (AvgIpc) is 3.21. The zero-order valence-electron chi connectivity index (χ0n) is 15.7. The zero-order chi connectivity index (χ0) is 21.1. The second-order valence-electron chi connectivity index (χ2n) is 6.26. The third-order valence-corrected chi connectivity index (χ3v) is 4.20. The number of H-pyrrole nitrogens is 1. The van der Waals surface area contributed by atoms with Crippen LogP contribution in [0.2, 0.25) is 0 Å². The van der Waals surface area contributed by atoms with Crippen molar-refractivity contribution in [1.29, 1.82) is 0 Å². The molecule has 0 radical (unpaired) electrons. The highest BCUT2D eigenvalue weighted by atomic mass is 19.4. The van der Waals surface area contributed by atoms with Crippen molar-refractivity contribution in [3.63, 3.8) is 0 Å². The molecule has 0 aliphatic carbocycles. The molecule has 0 spiro atoms. The summed E-state index contributed by atoms with van der Waals surface area (Å²) in [5, 5.41) is 6.07. The summed E-state index contributed by atoms with van der Waals surface area (Å²) < 4.78 is 43.8. The van der Waals surface area contributed by atoms with Gasteiger partial charge in [-0.3, -0.25) is 0 Å². The van der Waals surface area contributed by atoms with Gasteiger partial charge in [0, 0.05) is 12.6 Å². The second kappa shape index (κ2) is 7.85. The van der Waals surface area contributed by atoms with Gasteiger partial charge in [-0.25, -0.2) is 9.97 Å². The van der Waals surface area contributed by atoms with Gasteiger partial charge in [0.25, 0.3) is 0 Å². The van der Waals surface area contributed by atoms with Gasteiger partial charge in [0.15, 0.2) is 11.5 Å². The Labute approximate surface area is 168 Å². The van der Waals surface area contributed by atoms with Crippen molar-refractivity contribution in [2.45, 2.75) is 12.7 Å². The molecular weight excluding hydrogens is 399 g/mol. The van der Waals surface area contributed by atoms with E-state index in [4.69, 9.17) is 4.74 Å². The van der Waals surface area contributed by atoms with Crippen LogP contribution in [0.1, 0.15) is 11.1 Å². The van der Waals surface area contributed by atoms with E-state index in [9.17, 15) is 13.2 Å². The van der Waals surface area contributed by atoms with Crippen LogP contribution in [0.5, 0.6) is 5.88 Å². The normalized spacial score (nSPS) is 11.5. The summed E-state index contributed by atoms with van der Waals surface area (Å²) in [6.07, 6.45) is -1.37. The lowest BCUT2D eigenvalue weighted by Gasteiger charge is -2.11. The SMILES string of the molecule is COc1ccc(Nc2nc(NCc3cccc(C(F)(F)F)c3)c3[nH]cnc3n2)cn1. The second-order valence-corrected chi connectivity index (χ2v) is 6.26. The molecule has 154 valence electrons. The van der Waals surface area contributed by atoms with Gasteiger partial charge in [-0.2, -0.15) is 23.1 Å². The van der Waals surface area contributed by atoms with E-state index in [1.165, 1.54) is 19.5 Å². The van der Waals surface area contributed by atoms with Crippen molar-refractivity contribution in [1.82, 2.24) is 24.9 Å². The Kier molecular flexibility index (Phi) is 5.09. The van der Waals surface area contributed by atoms with Crippen molar-refractivity contribution in [3.8, 4) is 5.88 Å². The van der Waals surface area contributed by atoms with Crippen LogP contribution in [0, 0.1) is 0 Å². The third-order valence-electron chi connectivity index (χ3n) is 4.20. The quantitative estimate of drug-likeness (QED) is 0.435. The summed E-state index contributed by atoms with van der Waals surface area (Å²) in [4.78, 5) is 19.9. The maximum Gasteiger partial charge on any atom is 0.416 e. The maximum atomic E-state index is 12.9. The molecule has 0 saturated heterocycles. The van der Waals surface area contributed by atoms with Gasteiger partial charge >= 0.3 is 6.18 Å². The molecule has 0 unspecified atom stereocenters. The van der Waals surface area contributed by atoms with Crippen molar-refractivity contribution >= 4 is 28.6 Å². The van der Waals surface area contributed by atoms with Crippen LogP contribution in [0.15, 0.2) is 48.9 Å². The van der Waals surface area contributed by atoms with Gasteiger partial charge in [0.1, 0.15) is 5.52 Å². The van der Waals surface area contributed by atoms with E-state index in [1.807, 2.05) is 0 Å². The van der Waals surface area contributed by atoms with Crippen LogP contribution in [0.4, 0.5) is 30.6 Å². The molecule has 1 aromatic carbocycles. The zero-order valence-corrected chi connectivity index (χ0v) is 15.7. The first-order valence-corrected chi connectivity index (χ1v) is 8.80. The Hall–Kier alpha value is -3.89. The van der Waals surface area contributed by atoms with Gasteiger partial charge in [0.05, 0.1) is 30.9 Å². The molecule has 8 nitrogen and oxygen atoms in total. The molecule has 3 aromatic heterocycles.